The predicted molar refractivity (Wildman–Crippen MR) is 74.9 cm³/mol. The molecule has 20 heavy (non-hydrogen) atoms. The number of hydrogen-bond acceptors (Lipinski definition) is 3. The molecule has 1 aromatic heterocycles. The molecule has 2 rings (SSSR count). The van der Waals surface area contributed by atoms with Crippen molar-refractivity contribution in [2.24, 2.45) is 0 Å². The largest absolute Gasteiger partial charge is 0.496 e. The topological polar surface area (TPSA) is 51.2 Å². The van der Waals surface area contributed by atoms with Crippen LogP contribution in [-0.4, -0.2) is 18.0 Å². The number of benzene rings is 1. The monoisotopic (exact) mass is 294 g/mol. The van der Waals surface area contributed by atoms with Crippen molar-refractivity contribution in [1.29, 1.82) is 0 Å². The fourth-order valence-electron chi connectivity index (χ4n) is 1.74. The molecule has 0 aliphatic carbocycles. The number of anilines is 1. The number of methoxy groups -OCH3 is 1. The van der Waals surface area contributed by atoms with E-state index in [-0.39, 0.29) is 10.7 Å². The number of rotatable bonds is 3. The molecule has 6 heteroatoms. The van der Waals surface area contributed by atoms with Crippen molar-refractivity contribution in [2.75, 3.05) is 12.4 Å². The van der Waals surface area contributed by atoms with Crippen LogP contribution in [0.3, 0.4) is 0 Å². The summed E-state index contributed by atoms with van der Waals surface area (Å²) in [7, 11) is 1.57. The van der Waals surface area contributed by atoms with Gasteiger partial charge in [0.25, 0.3) is 5.91 Å². The van der Waals surface area contributed by atoms with Gasteiger partial charge in [-0.3, -0.25) is 4.79 Å². The van der Waals surface area contributed by atoms with Gasteiger partial charge in [0, 0.05) is 5.69 Å². The Kier molecular flexibility index (Phi) is 4.20. The lowest BCUT2D eigenvalue weighted by molar-refractivity contribution is 0.102. The molecule has 0 fully saturated rings. The summed E-state index contributed by atoms with van der Waals surface area (Å²) in [5.74, 6) is -0.425. The van der Waals surface area contributed by atoms with Crippen molar-refractivity contribution in [1.82, 2.24) is 4.98 Å². The standard InChI is InChI=1S/C14H12ClFN2O2/c1-8-5-10(3-4-12(8)20-2)18-14(19)11-6-9(16)7-17-13(11)15/h3-7H,1-2H3,(H,18,19). The molecule has 104 valence electrons. The van der Waals surface area contributed by atoms with Gasteiger partial charge in [-0.1, -0.05) is 11.6 Å². The van der Waals surface area contributed by atoms with Crippen molar-refractivity contribution in [3.05, 3.63) is 52.6 Å². The lowest BCUT2D eigenvalue weighted by Crippen LogP contribution is -2.13. The van der Waals surface area contributed by atoms with Crippen LogP contribution in [0.2, 0.25) is 5.15 Å². The maximum atomic E-state index is 13.1. The van der Waals surface area contributed by atoms with Crippen molar-refractivity contribution >= 4 is 23.2 Å². The van der Waals surface area contributed by atoms with Crippen LogP contribution in [-0.2, 0) is 0 Å². The molecule has 4 nitrogen and oxygen atoms in total. The Morgan fingerprint density at radius 2 is 2.15 bits per heavy atom. The second kappa shape index (κ2) is 5.88. The molecule has 0 aliphatic rings. The molecular weight excluding hydrogens is 283 g/mol. The number of aromatic nitrogens is 1. The first kappa shape index (κ1) is 14.3. The molecule has 0 saturated heterocycles. The Hall–Kier alpha value is -2.14. The van der Waals surface area contributed by atoms with Gasteiger partial charge in [-0.15, -0.1) is 0 Å². The van der Waals surface area contributed by atoms with E-state index in [1.165, 1.54) is 0 Å². The molecular formula is C14H12ClFN2O2. The van der Waals surface area contributed by atoms with E-state index in [0.29, 0.717) is 11.4 Å². The number of nitrogens with zero attached hydrogens (tertiary/aromatic N) is 1. The predicted octanol–water partition coefficient (Wildman–Crippen LogP) is 3.44. The number of amides is 1. The summed E-state index contributed by atoms with van der Waals surface area (Å²) >= 11 is 5.78. The number of halogens is 2. The average Bonchev–Trinajstić information content (AvgIpc) is 2.41. The maximum absolute atomic E-state index is 13.1. The fraction of sp³-hybridized carbons (Fsp3) is 0.143. The molecule has 0 aliphatic heterocycles. The zero-order chi connectivity index (χ0) is 14.7. The van der Waals surface area contributed by atoms with Gasteiger partial charge in [0.1, 0.15) is 16.7 Å². The number of carbonyl (C=O) groups excluding carboxylic acids is 1. The second-order valence-electron chi connectivity index (χ2n) is 4.13. The normalized spacial score (nSPS) is 10.2. The molecule has 0 spiro atoms. The zero-order valence-electron chi connectivity index (χ0n) is 10.9. The van der Waals surface area contributed by atoms with E-state index >= 15 is 0 Å². The highest BCUT2D eigenvalue weighted by Gasteiger charge is 2.13. The molecule has 1 heterocycles. The summed E-state index contributed by atoms with van der Waals surface area (Å²) < 4.78 is 18.2. The molecule has 1 amide bonds. The van der Waals surface area contributed by atoms with Gasteiger partial charge >= 0.3 is 0 Å². The van der Waals surface area contributed by atoms with Crippen LogP contribution in [0, 0.1) is 12.7 Å². The van der Waals surface area contributed by atoms with E-state index in [0.717, 1.165) is 17.8 Å². The Balaban J connectivity index is 2.23. The van der Waals surface area contributed by atoms with Crippen molar-refractivity contribution in [3.8, 4) is 5.75 Å². The highest BCUT2D eigenvalue weighted by molar-refractivity contribution is 6.33. The molecule has 1 aromatic carbocycles. The molecule has 2 aromatic rings. The average molecular weight is 295 g/mol. The number of aryl methyl sites for hydroxylation is 1. The van der Waals surface area contributed by atoms with Gasteiger partial charge in [0.15, 0.2) is 0 Å². The number of pyridine rings is 1. The van der Waals surface area contributed by atoms with Gasteiger partial charge in [0.2, 0.25) is 0 Å². The van der Waals surface area contributed by atoms with Crippen LogP contribution in [0.4, 0.5) is 10.1 Å². The smallest absolute Gasteiger partial charge is 0.258 e. The first-order valence-electron chi connectivity index (χ1n) is 5.78. The van der Waals surface area contributed by atoms with Crippen LogP contribution >= 0.6 is 11.6 Å². The molecule has 0 radical (unpaired) electrons. The van der Waals surface area contributed by atoms with Gasteiger partial charge in [-0.25, -0.2) is 9.37 Å². The van der Waals surface area contributed by atoms with Crippen molar-refractivity contribution in [3.63, 3.8) is 0 Å². The summed E-state index contributed by atoms with van der Waals surface area (Å²) in [6, 6.07) is 6.21. The van der Waals surface area contributed by atoms with E-state index in [4.69, 9.17) is 16.3 Å². The van der Waals surface area contributed by atoms with E-state index in [1.54, 1.807) is 25.3 Å². The van der Waals surface area contributed by atoms with Crippen LogP contribution in [0.5, 0.6) is 5.75 Å². The number of hydrogen-bond donors (Lipinski definition) is 1. The molecule has 0 atom stereocenters. The van der Waals surface area contributed by atoms with Crippen LogP contribution in [0.1, 0.15) is 15.9 Å². The lowest BCUT2D eigenvalue weighted by Gasteiger charge is -2.09. The third kappa shape index (κ3) is 3.05. The third-order valence-corrected chi connectivity index (χ3v) is 3.00. The minimum Gasteiger partial charge on any atom is -0.496 e. The summed E-state index contributed by atoms with van der Waals surface area (Å²) in [4.78, 5) is 15.6. The van der Waals surface area contributed by atoms with Crippen LogP contribution in [0.25, 0.3) is 0 Å². The number of carbonyl (C=O) groups is 1. The first-order valence-corrected chi connectivity index (χ1v) is 6.16. The van der Waals surface area contributed by atoms with Crippen molar-refractivity contribution in [2.45, 2.75) is 6.92 Å². The molecule has 0 bridgehead atoms. The van der Waals surface area contributed by atoms with Gasteiger partial charge in [-0.05, 0) is 36.8 Å². The summed E-state index contributed by atoms with van der Waals surface area (Å²) in [5, 5.41) is 2.59. The first-order chi connectivity index (χ1) is 9.51. The molecule has 0 saturated carbocycles. The maximum Gasteiger partial charge on any atom is 0.258 e. The van der Waals surface area contributed by atoms with Gasteiger partial charge in [0.05, 0.1) is 18.9 Å². The highest BCUT2D eigenvalue weighted by atomic mass is 35.5. The Labute approximate surface area is 120 Å². The minimum absolute atomic E-state index is 0.0138. The van der Waals surface area contributed by atoms with Gasteiger partial charge < -0.3 is 10.1 Å². The summed E-state index contributed by atoms with van der Waals surface area (Å²) in [6.45, 7) is 1.85. The zero-order valence-corrected chi connectivity index (χ0v) is 11.7. The van der Waals surface area contributed by atoms with Crippen LogP contribution in [0.15, 0.2) is 30.5 Å². The number of nitrogens with one attached hydrogen (secondary N) is 1. The van der Waals surface area contributed by atoms with Crippen molar-refractivity contribution < 1.29 is 13.9 Å². The minimum atomic E-state index is -0.620. The second-order valence-corrected chi connectivity index (χ2v) is 4.49. The van der Waals surface area contributed by atoms with E-state index in [1.807, 2.05) is 6.92 Å². The quantitative estimate of drug-likeness (QED) is 0.882. The molecule has 0 unspecified atom stereocenters. The van der Waals surface area contributed by atoms with E-state index in [9.17, 15) is 9.18 Å². The van der Waals surface area contributed by atoms with Gasteiger partial charge in [-0.2, -0.15) is 0 Å². The Morgan fingerprint density at radius 3 is 2.80 bits per heavy atom. The third-order valence-electron chi connectivity index (χ3n) is 2.70. The van der Waals surface area contributed by atoms with E-state index in [2.05, 4.69) is 10.3 Å². The fourth-order valence-corrected chi connectivity index (χ4v) is 1.93. The molecule has 1 N–H and O–H groups in total. The summed E-state index contributed by atoms with van der Waals surface area (Å²) in [5.41, 5.74) is 1.42. The SMILES string of the molecule is COc1ccc(NC(=O)c2cc(F)cnc2Cl)cc1C. The summed E-state index contributed by atoms with van der Waals surface area (Å²) in [6.07, 6.45) is 0.955. The Morgan fingerprint density at radius 1 is 1.40 bits per heavy atom. The highest BCUT2D eigenvalue weighted by Crippen LogP contribution is 2.22. The Bertz CT molecular complexity index is 662. The van der Waals surface area contributed by atoms with Crippen LogP contribution < -0.4 is 10.1 Å². The van der Waals surface area contributed by atoms with E-state index < -0.39 is 11.7 Å². The number of ether oxygens (including phenoxy) is 1. The lowest BCUT2D eigenvalue weighted by atomic mass is 10.2.